The molecule has 1 fully saturated rings. The lowest BCUT2D eigenvalue weighted by Gasteiger charge is -2.40. The van der Waals surface area contributed by atoms with Crippen LogP contribution in [-0.2, 0) is 32.1 Å². The van der Waals surface area contributed by atoms with Crippen molar-refractivity contribution in [2.75, 3.05) is 0 Å². The number of ether oxygens (including phenoxy) is 1. The summed E-state index contributed by atoms with van der Waals surface area (Å²) in [4.78, 5) is 42.7. The molecule has 0 bridgehead atoms. The molecule has 3 atom stereocenters. The summed E-state index contributed by atoms with van der Waals surface area (Å²) in [5.74, 6) is -2.43. The zero-order valence-corrected chi connectivity index (χ0v) is 23.6. The number of nitrogens with one attached hydrogen (secondary N) is 1. The lowest BCUT2D eigenvalue weighted by molar-refractivity contribution is -0.173. The number of carboxylic acid groups (broad SMARTS) is 1. The van der Waals surface area contributed by atoms with E-state index in [1.165, 1.54) is 0 Å². The molecule has 2 N–H and O–H groups in total. The highest BCUT2D eigenvalue weighted by atomic mass is 35.5. The molecule has 1 saturated carbocycles. The number of benzene rings is 1. The van der Waals surface area contributed by atoms with Gasteiger partial charge in [0.25, 0.3) is 0 Å². The van der Waals surface area contributed by atoms with Crippen LogP contribution in [0.25, 0.3) is 0 Å². The van der Waals surface area contributed by atoms with Crippen molar-refractivity contribution in [2.45, 2.75) is 79.0 Å². The van der Waals surface area contributed by atoms with Crippen LogP contribution in [0.15, 0.2) is 30.7 Å². The van der Waals surface area contributed by atoms with E-state index in [1.54, 1.807) is 24.7 Å². The quantitative estimate of drug-likeness (QED) is 0.439. The lowest BCUT2D eigenvalue weighted by Crippen LogP contribution is -2.50. The molecule has 1 heterocycles. The Hall–Kier alpha value is -2.58. The van der Waals surface area contributed by atoms with E-state index in [2.05, 4.69) is 10.3 Å². The Morgan fingerprint density at radius 1 is 1.22 bits per heavy atom. The number of carbonyl (C=O) groups excluding carboxylic acids is 2. The molecule has 0 spiro atoms. The molecule has 1 aliphatic carbocycles. The Balaban J connectivity index is 1.68. The predicted octanol–water partition coefficient (Wildman–Crippen LogP) is 5.13. The van der Waals surface area contributed by atoms with E-state index in [1.807, 2.05) is 52.2 Å². The van der Waals surface area contributed by atoms with Crippen LogP contribution < -0.4 is 5.32 Å². The zero-order valence-electron chi connectivity index (χ0n) is 22.1. The second-order valence-corrected chi connectivity index (χ2v) is 12.4. The first-order chi connectivity index (χ1) is 17.0. The number of aromatic nitrogens is 2. The molecule has 3 unspecified atom stereocenters. The summed E-state index contributed by atoms with van der Waals surface area (Å²) in [6, 6.07) is 4.16. The number of imidazole rings is 1. The Labute approximate surface area is 227 Å². The van der Waals surface area contributed by atoms with Crippen LogP contribution in [0.2, 0.25) is 10.0 Å². The number of amides is 1. The number of aliphatic carboxylic acids is 1. The molecule has 1 aliphatic rings. The van der Waals surface area contributed by atoms with E-state index < -0.39 is 34.4 Å². The maximum Gasteiger partial charge on any atom is 0.326 e. The summed E-state index contributed by atoms with van der Waals surface area (Å²) < 4.78 is 7.46. The van der Waals surface area contributed by atoms with Gasteiger partial charge in [0.15, 0.2) is 0 Å². The van der Waals surface area contributed by atoms with E-state index in [0.717, 1.165) is 5.56 Å². The Morgan fingerprint density at radius 2 is 1.89 bits per heavy atom. The Morgan fingerprint density at radius 3 is 2.49 bits per heavy atom. The number of hydrogen-bond donors (Lipinski definition) is 2. The van der Waals surface area contributed by atoms with Crippen molar-refractivity contribution >= 4 is 41.0 Å². The maximum atomic E-state index is 13.3. The highest BCUT2D eigenvalue weighted by Gasteiger charge is 2.59. The van der Waals surface area contributed by atoms with E-state index >= 15 is 0 Å². The summed E-state index contributed by atoms with van der Waals surface area (Å²) in [6.45, 7) is 11.5. The van der Waals surface area contributed by atoms with Gasteiger partial charge < -0.3 is 19.7 Å². The zero-order chi connectivity index (χ0) is 27.8. The van der Waals surface area contributed by atoms with Gasteiger partial charge in [0.2, 0.25) is 5.91 Å². The van der Waals surface area contributed by atoms with Gasteiger partial charge in [0.05, 0.1) is 27.5 Å². The minimum Gasteiger partial charge on any atom is -0.480 e. The van der Waals surface area contributed by atoms with E-state index in [9.17, 15) is 19.5 Å². The topological polar surface area (TPSA) is 111 Å². The number of carbonyl (C=O) groups is 3. The van der Waals surface area contributed by atoms with Crippen LogP contribution in [0.3, 0.4) is 0 Å². The summed E-state index contributed by atoms with van der Waals surface area (Å²) in [5.41, 5.74) is -0.808. The maximum absolute atomic E-state index is 13.3. The van der Waals surface area contributed by atoms with Crippen LogP contribution in [0.1, 0.15) is 65.6 Å². The first-order valence-electron chi connectivity index (χ1n) is 12.2. The Bertz CT molecular complexity index is 1190. The molecule has 10 heteroatoms. The average Bonchev–Trinajstić information content (AvgIpc) is 3.30. The minimum atomic E-state index is -1.16. The molecule has 3 rings (SSSR count). The molecule has 1 amide bonds. The van der Waals surface area contributed by atoms with Crippen molar-refractivity contribution in [3.8, 4) is 0 Å². The Kier molecular flexibility index (Phi) is 8.35. The molecule has 0 aliphatic heterocycles. The van der Waals surface area contributed by atoms with E-state index in [0.29, 0.717) is 35.1 Å². The second kappa shape index (κ2) is 10.7. The van der Waals surface area contributed by atoms with Crippen LogP contribution in [0.4, 0.5) is 0 Å². The SMILES string of the molecule is CC(C)(C)OC(=O)C1(C)CCC(C(=O)NC(Cc2cn(Cc3ccc(Cl)c(Cl)c3)cn2)C(=O)O)C1(C)C. The van der Waals surface area contributed by atoms with Crippen LogP contribution >= 0.6 is 23.2 Å². The summed E-state index contributed by atoms with van der Waals surface area (Å²) in [7, 11) is 0. The lowest BCUT2D eigenvalue weighted by atomic mass is 9.65. The van der Waals surface area contributed by atoms with Crippen molar-refractivity contribution in [3.05, 3.63) is 52.0 Å². The fourth-order valence-electron chi connectivity index (χ4n) is 4.84. The third kappa shape index (κ3) is 6.47. The molecular weight excluding hydrogens is 517 g/mol. The van der Waals surface area contributed by atoms with Crippen molar-refractivity contribution < 1.29 is 24.2 Å². The molecule has 8 nitrogen and oxygen atoms in total. The number of rotatable bonds is 8. The third-order valence-corrected chi connectivity index (χ3v) is 8.19. The number of esters is 1. The largest absolute Gasteiger partial charge is 0.480 e. The molecule has 1 aromatic carbocycles. The van der Waals surface area contributed by atoms with E-state index in [-0.39, 0.29) is 18.3 Å². The normalized spacial score (nSPS) is 21.9. The van der Waals surface area contributed by atoms with Gasteiger partial charge in [-0.2, -0.15) is 0 Å². The van der Waals surface area contributed by atoms with Gasteiger partial charge in [0.1, 0.15) is 11.6 Å². The van der Waals surface area contributed by atoms with Crippen LogP contribution in [0, 0.1) is 16.7 Å². The van der Waals surface area contributed by atoms with Crippen LogP contribution in [0.5, 0.6) is 0 Å². The highest BCUT2D eigenvalue weighted by molar-refractivity contribution is 6.42. The van der Waals surface area contributed by atoms with Gasteiger partial charge in [-0.25, -0.2) is 9.78 Å². The van der Waals surface area contributed by atoms with Gasteiger partial charge in [0, 0.05) is 25.1 Å². The summed E-state index contributed by atoms with van der Waals surface area (Å²) in [5, 5.41) is 13.4. The monoisotopic (exact) mass is 551 g/mol. The van der Waals surface area contributed by atoms with Crippen molar-refractivity contribution in [3.63, 3.8) is 0 Å². The van der Waals surface area contributed by atoms with Crippen LogP contribution in [-0.4, -0.2) is 44.1 Å². The van der Waals surface area contributed by atoms with Gasteiger partial charge in [-0.1, -0.05) is 43.1 Å². The fraction of sp³-hybridized carbons (Fsp3) is 0.556. The molecule has 0 saturated heterocycles. The smallest absolute Gasteiger partial charge is 0.326 e. The molecule has 37 heavy (non-hydrogen) atoms. The van der Waals surface area contributed by atoms with Gasteiger partial charge in [-0.15, -0.1) is 0 Å². The van der Waals surface area contributed by atoms with Crippen molar-refractivity contribution in [2.24, 2.45) is 16.7 Å². The third-order valence-electron chi connectivity index (χ3n) is 7.46. The summed E-state index contributed by atoms with van der Waals surface area (Å²) >= 11 is 12.1. The van der Waals surface area contributed by atoms with Gasteiger partial charge in [-0.05, 0) is 63.6 Å². The second-order valence-electron chi connectivity index (χ2n) is 11.5. The van der Waals surface area contributed by atoms with Crippen molar-refractivity contribution in [1.82, 2.24) is 14.9 Å². The number of nitrogens with zero attached hydrogens (tertiary/aromatic N) is 2. The standard InChI is InChI=1S/C27H35Cl2N3O5/c1-25(2,3)37-24(36)27(6)10-9-18(26(27,4)5)22(33)31-21(23(34)35)12-17-14-32(15-30-17)13-16-7-8-19(28)20(29)11-16/h7-8,11,14-15,18,21H,9-10,12-13H2,1-6H3,(H,31,33)(H,34,35). The molecule has 2 aromatic rings. The molecule has 202 valence electrons. The van der Waals surface area contributed by atoms with Crippen molar-refractivity contribution in [1.29, 1.82) is 0 Å². The number of carboxylic acids is 1. The first-order valence-corrected chi connectivity index (χ1v) is 13.0. The summed E-state index contributed by atoms with van der Waals surface area (Å²) in [6.07, 6.45) is 4.30. The number of hydrogen-bond acceptors (Lipinski definition) is 5. The average molecular weight is 552 g/mol. The first kappa shape index (κ1) is 29.0. The number of halogens is 2. The molecule has 0 radical (unpaired) electrons. The van der Waals surface area contributed by atoms with Gasteiger partial charge >= 0.3 is 11.9 Å². The predicted molar refractivity (Wildman–Crippen MR) is 142 cm³/mol. The molecular formula is C27H35Cl2N3O5. The minimum absolute atomic E-state index is 0.0198. The van der Waals surface area contributed by atoms with Gasteiger partial charge in [-0.3, -0.25) is 9.59 Å². The fourth-order valence-corrected chi connectivity index (χ4v) is 5.16. The highest BCUT2D eigenvalue weighted by Crippen LogP contribution is 2.57. The molecule has 1 aromatic heterocycles. The van der Waals surface area contributed by atoms with E-state index in [4.69, 9.17) is 27.9 Å².